The van der Waals surface area contributed by atoms with Crippen molar-refractivity contribution in [1.82, 2.24) is 10.2 Å². The molecule has 28 heavy (non-hydrogen) atoms. The molecule has 152 valence electrons. The van der Waals surface area contributed by atoms with E-state index in [9.17, 15) is 13.2 Å². The summed E-state index contributed by atoms with van der Waals surface area (Å²) in [6.45, 7) is 3.59. The van der Waals surface area contributed by atoms with Gasteiger partial charge in [0.1, 0.15) is 5.75 Å². The maximum absolute atomic E-state index is 13.2. The van der Waals surface area contributed by atoms with Crippen molar-refractivity contribution in [3.8, 4) is 5.75 Å². The molecule has 1 unspecified atom stereocenters. The highest BCUT2D eigenvalue weighted by Gasteiger charge is 2.32. The number of benzene rings is 2. The molecule has 2 aromatic rings. The van der Waals surface area contributed by atoms with E-state index in [1.165, 1.54) is 12.1 Å². The van der Waals surface area contributed by atoms with E-state index in [4.69, 9.17) is 9.47 Å². The van der Waals surface area contributed by atoms with Gasteiger partial charge in [-0.2, -0.15) is 13.2 Å². The molecule has 1 fully saturated rings. The molecule has 0 saturated carbocycles. The van der Waals surface area contributed by atoms with Gasteiger partial charge >= 0.3 is 6.18 Å². The molecule has 1 heterocycles. The summed E-state index contributed by atoms with van der Waals surface area (Å²) in [6, 6.07) is 13.6. The van der Waals surface area contributed by atoms with E-state index in [-0.39, 0.29) is 18.2 Å². The number of nitrogens with zero attached hydrogens (tertiary/aromatic N) is 1. The van der Waals surface area contributed by atoms with Crippen LogP contribution in [0.4, 0.5) is 13.2 Å². The quantitative estimate of drug-likeness (QED) is 0.773. The molecule has 1 N–H and O–H groups in total. The second-order valence-electron chi connectivity index (χ2n) is 6.72. The summed E-state index contributed by atoms with van der Waals surface area (Å²) in [6.07, 6.45) is -4.35. The predicted molar refractivity (Wildman–Crippen MR) is 101 cm³/mol. The van der Waals surface area contributed by atoms with Crippen molar-refractivity contribution in [2.75, 3.05) is 40.0 Å². The fourth-order valence-electron chi connectivity index (χ4n) is 3.47. The van der Waals surface area contributed by atoms with E-state index < -0.39 is 11.7 Å². The molecule has 3 rings (SSSR count). The van der Waals surface area contributed by atoms with Gasteiger partial charge in [-0.1, -0.05) is 30.3 Å². The third-order valence-electron chi connectivity index (χ3n) is 4.96. The number of ether oxygens (including phenoxy) is 2. The molecule has 0 aliphatic carbocycles. The van der Waals surface area contributed by atoms with Crippen LogP contribution in [-0.2, 0) is 17.5 Å². The topological polar surface area (TPSA) is 33.7 Å². The minimum Gasteiger partial charge on any atom is -0.497 e. The number of nitrogens with one attached hydrogen (secondary N) is 1. The molecule has 1 aliphatic heterocycles. The Balaban J connectivity index is 1.71. The van der Waals surface area contributed by atoms with Gasteiger partial charge in [0.05, 0.1) is 25.9 Å². The van der Waals surface area contributed by atoms with E-state index in [1.807, 2.05) is 24.3 Å². The molecule has 0 spiro atoms. The van der Waals surface area contributed by atoms with E-state index >= 15 is 0 Å². The first-order valence-corrected chi connectivity index (χ1v) is 9.30. The van der Waals surface area contributed by atoms with Gasteiger partial charge < -0.3 is 14.8 Å². The number of rotatable bonds is 7. The number of morpholine rings is 1. The van der Waals surface area contributed by atoms with Crippen LogP contribution in [-0.4, -0.2) is 44.9 Å². The lowest BCUT2D eigenvalue weighted by molar-refractivity contribution is -0.138. The molecule has 4 nitrogen and oxygen atoms in total. The van der Waals surface area contributed by atoms with Gasteiger partial charge in [-0.3, -0.25) is 4.90 Å². The van der Waals surface area contributed by atoms with E-state index in [1.54, 1.807) is 13.2 Å². The Bertz CT molecular complexity index is 744. The number of hydrogen-bond donors (Lipinski definition) is 1. The molecule has 0 amide bonds. The first-order valence-electron chi connectivity index (χ1n) is 9.30. The lowest BCUT2D eigenvalue weighted by atomic mass is 10.0. The first-order chi connectivity index (χ1) is 13.5. The number of halogens is 3. The Morgan fingerprint density at radius 2 is 1.75 bits per heavy atom. The van der Waals surface area contributed by atoms with Crippen molar-refractivity contribution in [3.05, 3.63) is 65.2 Å². The third-order valence-corrected chi connectivity index (χ3v) is 4.96. The van der Waals surface area contributed by atoms with Crippen LogP contribution in [0.2, 0.25) is 0 Å². The number of methoxy groups -OCH3 is 1. The van der Waals surface area contributed by atoms with Crippen LogP contribution < -0.4 is 10.1 Å². The van der Waals surface area contributed by atoms with Crippen molar-refractivity contribution in [3.63, 3.8) is 0 Å². The van der Waals surface area contributed by atoms with Crippen LogP contribution in [0.5, 0.6) is 5.75 Å². The molecule has 1 saturated heterocycles. The Hall–Kier alpha value is -2.09. The van der Waals surface area contributed by atoms with Crippen LogP contribution in [0, 0.1) is 0 Å². The zero-order chi connectivity index (χ0) is 20.0. The molecule has 1 aliphatic rings. The minimum absolute atomic E-state index is 0.0489. The summed E-state index contributed by atoms with van der Waals surface area (Å²) >= 11 is 0. The summed E-state index contributed by atoms with van der Waals surface area (Å²) in [5, 5.41) is 3.22. The van der Waals surface area contributed by atoms with Gasteiger partial charge in [-0.15, -0.1) is 0 Å². The van der Waals surface area contributed by atoms with Gasteiger partial charge in [0, 0.05) is 32.2 Å². The monoisotopic (exact) mass is 394 g/mol. The normalized spacial score (nSPS) is 16.7. The highest BCUT2D eigenvalue weighted by molar-refractivity contribution is 5.31. The first kappa shape index (κ1) is 20.6. The fraction of sp³-hybridized carbons (Fsp3) is 0.429. The van der Waals surface area contributed by atoms with Gasteiger partial charge in [0.15, 0.2) is 0 Å². The zero-order valence-corrected chi connectivity index (χ0v) is 15.8. The van der Waals surface area contributed by atoms with Crippen LogP contribution in [0.15, 0.2) is 48.5 Å². The van der Waals surface area contributed by atoms with Crippen LogP contribution in [0.1, 0.15) is 22.7 Å². The Morgan fingerprint density at radius 3 is 2.39 bits per heavy atom. The van der Waals surface area contributed by atoms with Crippen molar-refractivity contribution in [2.45, 2.75) is 18.8 Å². The maximum Gasteiger partial charge on any atom is 0.416 e. The second-order valence-corrected chi connectivity index (χ2v) is 6.72. The highest BCUT2D eigenvalue weighted by atomic mass is 19.4. The van der Waals surface area contributed by atoms with Crippen molar-refractivity contribution in [1.29, 1.82) is 0 Å². The minimum atomic E-state index is -4.35. The largest absolute Gasteiger partial charge is 0.497 e. The SMILES string of the molecule is COc1ccc(C(CNCc2ccccc2C(F)(F)F)N2CCOCC2)cc1. The molecule has 1 atom stereocenters. The summed E-state index contributed by atoms with van der Waals surface area (Å²) in [4.78, 5) is 2.30. The van der Waals surface area contributed by atoms with E-state index in [2.05, 4.69) is 10.2 Å². The Labute approximate surface area is 163 Å². The summed E-state index contributed by atoms with van der Waals surface area (Å²) in [5.41, 5.74) is 0.764. The summed E-state index contributed by atoms with van der Waals surface area (Å²) in [5.74, 6) is 0.775. The average molecular weight is 394 g/mol. The average Bonchev–Trinajstić information content (AvgIpc) is 2.72. The summed E-state index contributed by atoms with van der Waals surface area (Å²) in [7, 11) is 1.62. The predicted octanol–water partition coefficient (Wildman–Crippen LogP) is 3.88. The molecule has 2 aromatic carbocycles. The third kappa shape index (κ3) is 5.25. The van der Waals surface area contributed by atoms with Crippen molar-refractivity contribution < 1.29 is 22.6 Å². The lowest BCUT2D eigenvalue weighted by Crippen LogP contribution is -2.42. The van der Waals surface area contributed by atoms with Gasteiger partial charge in [-0.25, -0.2) is 0 Å². The molecule has 0 aromatic heterocycles. The number of hydrogen-bond acceptors (Lipinski definition) is 4. The number of alkyl halides is 3. The molecular formula is C21H25F3N2O2. The molecule has 0 bridgehead atoms. The Morgan fingerprint density at radius 1 is 1.07 bits per heavy atom. The van der Waals surface area contributed by atoms with E-state index in [0.29, 0.717) is 19.8 Å². The lowest BCUT2D eigenvalue weighted by Gasteiger charge is -2.35. The molecule has 7 heteroatoms. The van der Waals surface area contributed by atoms with Gasteiger partial charge in [0.25, 0.3) is 0 Å². The smallest absolute Gasteiger partial charge is 0.416 e. The summed E-state index contributed by atoms with van der Waals surface area (Å²) < 4.78 is 50.3. The zero-order valence-electron chi connectivity index (χ0n) is 15.8. The van der Waals surface area contributed by atoms with Gasteiger partial charge in [-0.05, 0) is 29.3 Å². The second kappa shape index (κ2) is 9.41. The van der Waals surface area contributed by atoms with Gasteiger partial charge in [0.2, 0.25) is 0 Å². The standard InChI is InChI=1S/C21H25F3N2O2/c1-27-18-8-6-16(7-9-18)20(26-10-12-28-13-11-26)15-25-14-17-4-2-3-5-19(17)21(22,23)24/h2-9,20,25H,10-15H2,1H3. The Kier molecular flexibility index (Phi) is 6.93. The van der Waals surface area contributed by atoms with Crippen LogP contribution >= 0.6 is 0 Å². The molecular weight excluding hydrogens is 369 g/mol. The highest BCUT2D eigenvalue weighted by Crippen LogP contribution is 2.32. The van der Waals surface area contributed by atoms with Crippen LogP contribution in [0.25, 0.3) is 0 Å². The van der Waals surface area contributed by atoms with E-state index in [0.717, 1.165) is 30.5 Å². The molecule has 0 radical (unpaired) electrons. The van der Waals surface area contributed by atoms with Crippen LogP contribution in [0.3, 0.4) is 0 Å². The maximum atomic E-state index is 13.2. The fourth-order valence-corrected chi connectivity index (χ4v) is 3.47. The van der Waals surface area contributed by atoms with Crippen molar-refractivity contribution >= 4 is 0 Å². The van der Waals surface area contributed by atoms with Crippen molar-refractivity contribution in [2.24, 2.45) is 0 Å².